The topological polar surface area (TPSA) is 106 Å². The highest BCUT2D eigenvalue weighted by atomic mass is 35.5. The standard InChI is InChI=1S/C20H24N4O4S.ClH/c1-3-8-21-9-10-28-20-11-15(2)18(12-22-20)24-29(25,26)17-6-4-16(5-7-17)19-13-27-14-23-19;/h4-7,11-14,21,24H,3,8-10H2,1-2H3;1H. The van der Waals surface area contributed by atoms with Crippen LogP contribution < -0.4 is 14.8 Å². The number of pyridine rings is 1. The zero-order valence-electron chi connectivity index (χ0n) is 16.8. The molecule has 2 heterocycles. The van der Waals surface area contributed by atoms with Gasteiger partial charge in [-0.15, -0.1) is 12.4 Å². The summed E-state index contributed by atoms with van der Waals surface area (Å²) in [6.45, 7) is 6.07. The Hall–Kier alpha value is -2.62. The average molecular weight is 453 g/mol. The van der Waals surface area contributed by atoms with Gasteiger partial charge in [-0.05, 0) is 37.6 Å². The van der Waals surface area contributed by atoms with Crippen LogP contribution in [0.3, 0.4) is 0 Å². The van der Waals surface area contributed by atoms with Crippen molar-refractivity contribution in [2.45, 2.75) is 25.2 Å². The van der Waals surface area contributed by atoms with Crippen LogP contribution in [0.2, 0.25) is 0 Å². The highest BCUT2D eigenvalue weighted by molar-refractivity contribution is 7.92. The Bertz CT molecular complexity index is 1030. The number of anilines is 1. The summed E-state index contributed by atoms with van der Waals surface area (Å²) in [7, 11) is -3.75. The normalized spacial score (nSPS) is 11.0. The summed E-state index contributed by atoms with van der Waals surface area (Å²) in [6, 6.07) is 8.12. The molecular weight excluding hydrogens is 428 g/mol. The van der Waals surface area contributed by atoms with Crippen molar-refractivity contribution < 1.29 is 17.6 Å². The number of sulfonamides is 1. The van der Waals surface area contributed by atoms with Crippen molar-refractivity contribution in [3.05, 3.63) is 54.7 Å². The van der Waals surface area contributed by atoms with Crippen LogP contribution in [0.1, 0.15) is 18.9 Å². The predicted molar refractivity (Wildman–Crippen MR) is 118 cm³/mol. The molecule has 0 aliphatic rings. The van der Waals surface area contributed by atoms with E-state index in [2.05, 4.69) is 26.9 Å². The van der Waals surface area contributed by atoms with Crippen molar-refractivity contribution in [3.63, 3.8) is 0 Å². The first-order valence-electron chi connectivity index (χ1n) is 9.31. The van der Waals surface area contributed by atoms with Gasteiger partial charge in [-0.3, -0.25) is 4.72 Å². The van der Waals surface area contributed by atoms with Gasteiger partial charge in [0.05, 0.1) is 16.8 Å². The van der Waals surface area contributed by atoms with Gasteiger partial charge in [0, 0.05) is 18.2 Å². The number of hydrogen-bond donors (Lipinski definition) is 2. The molecule has 3 aromatic rings. The lowest BCUT2D eigenvalue weighted by Gasteiger charge is -2.12. The quantitative estimate of drug-likeness (QED) is 0.452. The van der Waals surface area contributed by atoms with Crippen LogP contribution in [0.5, 0.6) is 5.88 Å². The fourth-order valence-electron chi connectivity index (χ4n) is 2.61. The van der Waals surface area contributed by atoms with Crippen LogP contribution in [0.15, 0.2) is 58.5 Å². The van der Waals surface area contributed by atoms with Gasteiger partial charge in [0.2, 0.25) is 5.88 Å². The van der Waals surface area contributed by atoms with E-state index < -0.39 is 10.0 Å². The molecule has 3 rings (SSSR count). The highest BCUT2D eigenvalue weighted by Crippen LogP contribution is 2.24. The molecule has 0 radical (unpaired) electrons. The number of halogens is 1. The molecule has 2 N–H and O–H groups in total. The third-order valence-electron chi connectivity index (χ3n) is 4.18. The van der Waals surface area contributed by atoms with Crippen molar-refractivity contribution >= 4 is 28.1 Å². The number of nitrogens with one attached hydrogen (secondary N) is 2. The molecule has 30 heavy (non-hydrogen) atoms. The molecule has 0 aliphatic heterocycles. The van der Waals surface area contributed by atoms with Gasteiger partial charge < -0.3 is 14.5 Å². The van der Waals surface area contributed by atoms with Crippen LogP contribution in [-0.4, -0.2) is 38.1 Å². The summed E-state index contributed by atoms with van der Waals surface area (Å²) >= 11 is 0. The van der Waals surface area contributed by atoms with E-state index in [1.54, 1.807) is 25.1 Å². The first kappa shape index (κ1) is 23.7. The molecule has 0 spiro atoms. The number of aromatic nitrogens is 2. The van der Waals surface area contributed by atoms with E-state index in [9.17, 15) is 8.42 Å². The molecule has 162 valence electrons. The molecule has 2 aromatic heterocycles. The monoisotopic (exact) mass is 452 g/mol. The first-order chi connectivity index (χ1) is 14.0. The van der Waals surface area contributed by atoms with E-state index in [0.29, 0.717) is 23.9 Å². The van der Waals surface area contributed by atoms with Crippen LogP contribution in [0.4, 0.5) is 5.69 Å². The van der Waals surface area contributed by atoms with Gasteiger partial charge in [-0.25, -0.2) is 18.4 Å². The third-order valence-corrected chi connectivity index (χ3v) is 5.56. The Morgan fingerprint density at radius 3 is 2.53 bits per heavy atom. The Morgan fingerprint density at radius 2 is 1.90 bits per heavy atom. The molecule has 0 bridgehead atoms. The number of nitrogens with zero attached hydrogens (tertiary/aromatic N) is 2. The van der Waals surface area contributed by atoms with Crippen molar-refractivity contribution in [2.24, 2.45) is 0 Å². The Labute approximate surface area is 182 Å². The van der Waals surface area contributed by atoms with Gasteiger partial charge >= 0.3 is 0 Å². The summed E-state index contributed by atoms with van der Waals surface area (Å²) in [5.74, 6) is 0.459. The summed E-state index contributed by atoms with van der Waals surface area (Å²) in [5.41, 5.74) is 2.54. The Kier molecular flexibility index (Phi) is 8.64. The van der Waals surface area contributed by atoms with Gasteiger partial charge in [-0.2, -0.15) is 0 Å². The van der Waals surface area contributed by atoms with E-state index in [4.69, 9.17) is 9.15 Å². The van der Waals surface area contributed by atoms with E-state index in [-0.39, 0.29) is 17.3 Å². The largest absolute Gasteiger partial charge is 0.476 e. The maximum atomic E-state index is 12.7. The number of rotatable bonds is 10. The minimum Gasteiger partial charge on any atom is -0.476 e. The average Bonchev–Trinajstić information content (AvgIpc) is 3.25. The van der Waals surface area contributed by atoms with Crippen molar-refractivity contribution in [1.82, 2.24) is 15.3 Å². The number of ether oxygens (including phenoxy) is 1. The lowest BCUT2D eigenvalue weighted by Crippen LogP contribution is -2.21. The van der Waals surface area contributed by atoms with E-state index in [0.717, 1.165) is 30.6 Å². The summed E-state index contributed by atoms with van der Waals surface area (Å²) in [6.07, 6.45) is 5.35. The van der Waals surface area contributed by atoms with Crippen molar-refractivity contribution in [3.8, 4) is 17.1 Å². The van der Waals surface area contributed by atoms with Crippen LogP contribution >= 0.6 is 12.4 Å². The van der Waals surface area contributed by atoms with Gasteiger partial charge in [0.1, 0.15) is 18.6 Å². The zero-order chi connectivity index (χ0) is 20.7. The second-order valence-electron chi connectivity index (χ2n) is 6.44. The molecule has 10 heteroatoms. The van der Waals surface area contributed by atoms with E-state index >= 15 is 0 Å². The molecule has 0 unspecified atom stereocenters. The number of aryl methyl sites for hydroxylation is 1. The highest BCUT2D eigenvalue weighted by Gasteiger charge is 2.16. The second-order valence-corrected chi connectivity index (χ2v) is 8.12. The third kappa shape index (κ3) is 6.19. The van der Waals surface area contributed by atoms with Crippen LogP contribution in [0, 0.1) is 6.92 Å². The summed E-state index contributed by atoms with van der Waals surface area (Å²) in [5, 5.41) is 3.24. The maximum Gasteiger partial charge on any atom is 0.261 e. The predicted octanol–water partition coefficient (Wildman–Crippen LogP) is 3.65. The van der Waals surface area contributed by atoms with E-state index in [1.807, 2.05) is 0 Å². The molecule has 0 amide bonds. The maximum absolute atomic E-state index is 12.7. The van der Waals surface area contributed by atoms with Gasteiger partial charge in [-0.1, -0.05) is 19.1 Å². The van der Waals surface area contributed by atoms with Gasteiger partial charge in [0.25, 0.3) is 10.0 Å². The molecule has 0 fully saturated rings. The van der Waals surface area contributed by atoms with Crippen LogP contribution in [-0.2, 0) is 10.0 Å². The minimum absolute atomic E-state index is 0. The van der Waals surface area contributed by atoms with Crippen molar-refractivity contribution in [2.75, 3.05) is 24.4 Å². The molecule has 0 aliphatic carbocycles. The minimum atomic E-state index is -3.75. The Morgan fingerprint density at radius 1 is 1.13 bits per heavy atom. The zero-order valence-corrected chi connectivity index (χ0v) is 18.4. The lowest BCUT2D eigenvalue weighted by atomic mass is 10.2. The fraction of sp³-hybridized carbons (Fsp3) is 0.300. The van der Waals surface area contributed by atoms with Gasteiger partial charge in [0.15, 0.2) is 6.39 Å². The Balaban J connectivity index is 0.00000320. The number of oxazole rings is 1. The molecule has 0 saturated heterocycles. The SMILES string of the molecule is CCCNCCOc1cc(C)c(NS(=O)(=O)c2ccc(-c3cocn3)cc2)cn1.Cl. The van der Waals surface area contributed by atoms with E-state index in [1.165, 1.54) is 31.0 Å². The fourth-order valence-corrected chi connectivity index (χ4v) is 3.72. The van der Waals surface area contributed by atoms with Crippen molar-refractivity contribution in [1.29, 1.82) is 0 Å². The molecule has 1 aromatic carbocycles. The number of benzene rings is 1. The second kappa shape index (κ2) is 11.0. The first-order valence-corrected chi connectivity index (χ1v) is 10.8. The summed E-state index contributed by atoms with van der Waals surface area (Å²) < 4.78 is 38.5. The smallest absolute Gasteiger partial charge is 0.261 e. The lowest BCUT2D eigenvalue weighted by molar-refractivity contribution is 0.302. The summed E-state index contributed by atoms with van der Waals surface area (Å²) in [4.78, 5) is 8.38. The molecule has 0 saturated carbocycles. The van der Waals surface area contributed by atoms with Crippen LogP contribution in [0.25, 0.3) is 11.3 Å². The molecular formula is C20H25ClN4O4S. The molecule has 8 nitrogen and oxygen atoms in total. The number of hydrogen-bond acceptors (Lipinski definition) is 7. The molecule has 0 atom stereocenters.